The van der Waals surface area contributed by atoms with E-state index < -0.39 is 0 Å². The van der Waals surface area contributed by atoms with Crippen LogP contribution in [0.15, 0.2) is 36.5 Å². The molecule has 0 saturated carbocycles. The first kappa shape index (κ1) is 8.43. The highest BCUT2D eigenvalue weighted by atomic mass is 32.1. The van der Waals surface area contributed by atoms with E-state index in [0.717, 1.165) is 16.2 Å². The van der Waals surface area contributed by atoms with Gasteiger partial charge in [-0.2, -0.15) is 0 Å². The number of fused-ring (bicyclic) bond motifs is 1. The number of hydrogen-bond donors (Lipinski definition) is 1. The maximum Gasteiger partial charge on any atom is 0.214 e. The van der Waals surface area contributed by atoms with E-state index in [4.69, 9.17) is 5.73 Å². The molecule has 0 aliphatic rings. The molecule has 0 fully saturated rings. The molecule has 0 bridgehead atoms. The van der Waals surface area contributed by atoms with Crippen molar-refractivity contribution in [1.29, 1.82) is 0 Å². The van der Waals surface area contributed by atoms with Crippen molar-refractivity contribution in [2.45, 2.75) is 0 Å². The van der Waals surface area contributed by atoms with Crippen LogP contribution >= 0.6 is 11.3 Å². The van der Waals surface area contributed by atoms with Crippen molar-refractivity contribution >= 4 is 21.4 Å². The zero-order valence-corrected chi connectivity index (χ0v) is 8.61. The van der Waals surface area contributed by atoms with E-state index in [-0.39, 0.29) is 0 Å². The van der Waals surface area contributed by atoms with Crippen LogP contribution in [0.3, 0.4) is 0 Å². The predicted octanol–water partition coefficient (Wildman–Crippen LogP) is 2.04. The third kappa shape index (κ3) is 1.37. The van der Waals surface area contributed by atoms with Crippen LogP contribution < -0.4 is 5.73 Å². The van der Waals surface area contributed by atoms with E-state index in [1.165, 1.54) is 11.3 Å². The zero-order valence-electron chi connectivity index (χ0n) is 7.79. The number of rotatable bonds is 1. The average molecular weight is 216 g/mol. The summed E-state index contributed by atoms with van der Waals surface area (Å²) >= 11 is 1.39. The van der Waals surface area contributed by atoms with Crippen LogP contribution in [-0.2, 0) is 0 Å². The van der Waals surface area contributed by atoms with Gasteiger partial charge in [0.2, 0.25) is 10.1 Å². The molecule has 0 spiro atoms. The van der Waals surface area contributed by atoms with Crippen molar-refractivity contribution in [3.63, 3.8) is 0 Å². The summed E-state index contributed by atoms with van der Waals surface area (Å²) in [4.78, 5) is 5.27. The fourth-order valence-corrected chi connectivity index (χ4v) is 2.11. The van der Waals surface area contributed by atoms with E-state index in [2.05, 4.69) is 10.1 Å². The Bertz CT molecular complexity index is 565. The third-order valence-corrected chi connectivity index (χ3v) is 2.88. The van der Waals surface area contributed by atoms with Gasteiger partial charge in [-0.15, -0.1) is 5.10 Å². The maximum absolute atomic E-state index is 5.57. The number of nitrogen functional groups attached to an aromatic ring is 1. The summed E-state index contributed by atoms with van der Waals surface area (Å²) in [6, 6.07) is 10.0. The van der Waals surface area contributed by atoms with Crippen molar-refractivity contribution in [3.05, 3.63) is 36.5 Å². The van der Waals surface area contributed by atoms with Crippen molar-refractivity contribution < 1.29 is 0 Å². The van der Waals surface area contributed by atoms with Crippen LogP contribution in [-0.4, -0.2) is 14.6 Å². The number of imidazole rings is 1. The second kappa shape index (κ2) is 3.06. The number of anilines is 1. The maximum atomic E-state index is 5.57. The van der Waals surface area contributed by atoms with Crippen LogP contribution in [0.4, 0.5) is 5.13 Å². The Labute approximate surface area is 90.0 Å². The summed E-state index contributed by atoms with van der Waals surface area (Å²) in [7, 11) is 0. The molecule has 3 rings (SSSR count). The molecule has 74 valence electrons. The van der Waals surface area contributed by atoms with Crippen LogP contribution in [0.2, 0.25) is 0 Å². The molecule has 1 aromatic carbocycles. The highest BCUT2D eigenvalue weighted by Crippen LogP contribution is 2.22. The first-order chi connectivity index (χ1) is 7.33. The smallest absolute Gasteiger partial charge is 0.214 e. The molecule has 0 aliphatic carbocycles. The minimum absolute atomic E-state index is 0.539. The summed E-state index contributed by atoms with van der Waals surface area (Å²) in [5.74, 6) is 0. The Morgan fingerprint density at radius 1 is 1.20 bits per heavy atom. The highest BCUT2D eigenvalue weighted by molar-refractivity contribution is 7.20. The van der Waals surface area contributed by atoms with Gasteiger partial charge in [0.05, 0.1) is 11.9 Å². The molecule has 3 aromatic rings. The summed E-state index contributed by atoms with van der Waals surface area (Å²) < 4.78 is 1.71. The normalized spacial score (nSPS) is 10.9. The van der Waals surface area contributed by atoms with E-state index in [1.807, 2.05) is 36.5 Å². The van der Waals surface area contributed by atoms with Crippen molar-refractivity contribution in [2.75, 3.05) is 5.73 Å². The summed E-state index contributed by atoms with van der Waals surface area (Å²) in [6.07, 6.45) is 1.89. The van der Waals surface area contributed by atoms with Gasteiger partial charge in [-0.1, -0.05) is 41.7 Å². The lowest BCUT2D eigenvalue weighted by molar-refractivity contribution is 0.981. The number of nitrogens with zero attached hydrogens (tertiary/aromatic N) is 3. The number of aromatic nitrogens is 3. The van der Waals surface area contributed by atoms with Gasteiger partial charge in [0, 0.05) is 5.56 Å². The molecule has 4 nitrogen and oxygen atoms in total. The Kier molecular flexibility index (Phi) is 1.72. The first-order valence-corrected chi connectivity index (χ1v) is 5.32. The fraction of sp³-hybridized carbons (Fsp3) is 0. The SMILES string of the molecule is Nc1nn2cc(-c3ccccc3)nc2s1. The van der Waals surface area contributed by atoms with Crippen molar-refractivity contribution in [2.24, 2.45) is 0 Å². The standard InChI is InChI=1S/C10H8N4S/c11-9-13-14-6-8(12-10(14)15-9)7-4-2-1-3-5-7/h1-6H,(H2,11,13). The second-order valence-electron chi connectivity index (χ2n) is 3.16. The lowest BCUT2D eigenvalue weighted by Crippen LogP contribution is -1.85. The van der Waals surface area contributed by atoms with E-state index in [0.29, 0.717) is 5.13 Å². The van der Waals surface area contributed by atoms with Gasteiger partial charge in [0.1, 0.15) is 0 Å². The van der Waals surface area contributed by atoms with Crippen LogP contribution in [0, 0.1) is 0 Å². The minimum Gasteiger partial charge on any atom is -0.374 e. The van der Waals surface area contributed by atoms with E-state index >= 15 is 0 Å². The molecule has 0 unspecified atom stereocenters. The van der Waals surface area contributed by atoms with E-state index in [1.54, 1.807) is 4.52 Å². The van der Waals surface area contributed by atoms with E-state index in [9.17, 15) is 0 Å². The molecule has 5 heteroatoms. The van der Waals surface area contributed by atoms with Crippen molar-refractivity contribution in [1.82, 2.24) is 14.6 Å². The van der Waals surface area contributed by atoms with Gasteiger partial charge < -0.3 is 5.73 Å². The lowest BCUT2D eigenvalue weighted by atomic mass is 10.2. The summed E-state index contributed by atoms with van der Waals surface area (Å²) in [5.41, 5.74) is 7.59. The van der Waals surface area contributed by atoms with Gasteiger partial charge in [-0.05, 0) is 0 Å². The van der Waals surface area contributed by atoms with Crippen LogP contribution in [0.25, 0.3) is 16.2 Å². The topological polar surface area (TPSA) is 56.2 Å². The number of benzene rings is 1. The lowest BCUT2D eigenvalue weighted by Gasteiger charge is -1.92. The molecule has 0 atom stereocenters. The van der Waals surface area contributed by atoms with Gasteiger partial charge in [0.15, 0.2) is 0 Å². The van der Waals surface area contributed by atoms with Gasteiger partial charge in [0.25, 0.3) is 0 Å². The van der Waals surface area contributed by atoms with Crippen LogP contribution in [0.5, 0.6) is 0 Å². The zero-order chi connectivity index (χ0) is 10.3. The molecule has 0 saturated heterocycles. The summed E-state index contributed by atoms with van der Waals surface area (Å²) in [5, 5.41) is 4.65. The minimum atomic E-state index is 0.539. The quantitative estimate of drug-likeness (QED) is 0.677. The molecular weight excluding hydrogens is 208 g/mol. The number of nitrogens with two attached hydrogens (primary N) is 1. The Hall–Kier alpha value is -1.88. The largest absolute Gasteiger partial charge is 0.374 e. The fourth-order valence-electron chi connectivity index (χ4n) is 1.46. The van der Waals surface area contributed by atoms with Gasteiger partial charge in [-0.25, -0.2) is 9.50 Å². The summed E-state index contributed by atoms with van der Waals surface area (Å²) in [6.45, 7) is 0. The van der Waals surface area contributed by atoms with Crippen molar-refractivity contribution in [3.8, 4) is 11.3 Å². The van der Waals surface area contributed by atoms with Gasteiger partial charge in [-0.3, -0.25) is 0 Å². The highest BCUT2D eigenvalue weighted by Gasteiger charge is 2.06. The number of hydrogen-bond acceptors (Lipinski definition) is 4. The molecular formula is C10H8N4S. The Morgan fingerprint density at radius 2 is 2.00 bits per heavy atom. The molecule has 2 aromatic heterocycles. The third-order valence-electron chi connectivity index (χ3n) is 2.13. The Balaban J connectivity index is 2.16. The predicted molar refractivity (Wildman–Crippen MR) is 60.7 cm³/mol. The molecule has 0 amide bonds. The monoisotopic (exact) mass is 216 g/mol. The molecule has 0 radical (unpaired) electrons. The second-order valence-corrected chi connectivity index (χ2v) is 4.15. The average Bonchev–Trinajstić information content (AvgIpc) is 2.76. The molecule has 15 heavy (non-hydrogen) atoms. The van der Waals surface area contributed by atoms with Crippen LogP contribution in [0.1, 0.15) is 0 Å². The Morgan fingerprint density at radius 3 is 2.73 bits per heavy atom. The first-order valence-electron chi connectivity index (χ1n) is 4.50. The molecule has 2 heterocycles. The molecule has 2 N–H and O–H groups in total. The van der Waals surface area contributed by atoms with Gasteiger partial charge >= 0.3 is 0 Å². The molecule has 0 aliphatic heterocycles.